The van der Waals surface area contributed by atoms with Crippen molar-refractivity contribution in [3.8, 4) is 0 Å². The summed E-state index contributed by atoms with van der Waals surface area (Å²) in [6.07, 6.45) is 1.40. The van der Waals surface area contributed by atoms with Crippen LogP contribution in [0.5, 0.6) is 0 Å². The molecule has 0 unspecified atom stereocenters. The number of hydrogen-bond acceptors (Lipinski definition) is 0. The molecule has 5 heavy (non-hydrogen) atoms. The van der Waals surface area contributed by atoms with E-state index in [2.05, 4.69) is 6.92 Å². The summed E-state index contributed by atoms with van der Waals surface area (Å²) in [6.45, 7) is 2.22. The molecule has 0 radical (unpaired) electrons. The molecule has 0 aromatic rings. The van der Waals surface area contributed by atoms with E-state index in [1.807, 2.05) is 0 Å². The minimum atomic E-state index is 0. The van der Waals surface area contributed by atoms with Crippen LogP contribution in [0.3, 0.4) is 0 Å². The SMILES string of the molecule is CC[CH2][Cd].Cl. The molecule has 0 aliphatic heterocycles. The van der Waals surface area contributed by atoms with Gasteiger partial charge in [-0.25, -0.2) is 0 Å². The molecule has 0 aliphatic carbocycles. The molecule has 0 atom stereocenters. The molecule has 0 fully saturated rings. The van der Waals surface area contributed by atoms with Gasteiger partial charge in [0.05, 0.1) is 0 Å². The first-order valence-electron chi connectivity index (χ1n) is 1.71. The van der Waals surface area contributed by atoms with Crippen LogP contribution in [0.1, 0.15) is 13.3 Å². The van der Waals surface area contributed by atoms with Crippen LogP contribution in [0.25, 0.3) is 0 Å². The Hall–Kier alpha value is 1.21. The van der Waals surface area contributed by atoms with Crippen LogP contribution in [-0.2, 0) is 25.8 Å². The molecular formula is C3H8CdCl. The van der Waals surface area contributed by atoms with Gasteiger partial charge in [0.15, 0.2) is 0 Å². The quantitative estimate of drug-likeness (QED) is 0.555. The monoisotopic (exact) mass is 193 g/mol. The molecule has 0 N–H and O–H groups in total. The van der Waals surface area contributed by atoms with Gasteiger partial charge in [0.1, 0.15) is 0 Å². The summed E-state index contributed by atoms with van der Waals surface area (Å²) in [5.41, 5.74) is 0. The van der Waals surface area contributed by atoms with Gasteiger partial charge in [-0.1, -0.05) is 0 Å². The van der Waals surface area contributed by atoms with Crippen molar-refractivity contribution in [3.05, 3.63) is 0 Å². The van der Waals surface area contributed by atoms with Crippen molar-refractivity contribution in [3.63, 3.8) is 0 Å². The van der Waals surface area contributed by atoms with E-state index in [-0.39, 0.29) is 12.4 Å². The summed E-state index contributed by atoms with van der Waals surface area (Å²) in [5, 5.41) is 0. The summed E-state index contributed by atoms with van der Waals surface area (Å²) in [5.74, 6) is 0. The van der Waals surface area contributed by atoms with Gasteiger partial charge < -0.3 is 0 Å². The normalized spacial score (nSPS) is 6.20. The smallest absolute Gasteiger partial charge is 0.147 e. The Bertz CT molecular complexity index is 8.85. The summed E-state index contributed by atoms with van der Waals surface area (Å²) in [7, 11) is 0. The molecule has 0 rings (SSSR count). The fourth-order valence-electron chi connectivity index (χ4n) is 0. The van der Waals surface area contributed by atoms with Gasteiger partial charge >= 0.3 is 43.1 Å². The molecule has 0 spiro atoms. The first-order valence-corrected chi connectivity index (χ1v) is 4.56. The van der Waals surface area contributed by atoms with Crippen LogP contribution < -0.4 is 0 Å². The fourth-order valence-corrected chi connectivity index (χ4v) is 0. The first-order chi connectivity index (χ1) is 1.91. The first kappa shape index (κ1) is 9.51. The maximum Gasteiger partial charge on any atom is -0.147 e. The van der Waals surface area contributed by atoms with Crippen LogP contribution >= 0.6 is 12.4 Å². The Morgan fingerprint density at radius 2 is 1.80 bits per heavy atom. The Morgan fingerprint density at radius 1 is 1.60 bits per heavy atom. The average molecular weight is 192 g/mol. The average Bonchev–Trinajstić information content (AvgIpc) is 1.37. The summed E-state index contributed by atoms with van der Waals surface area (Å²) < 4.78 is 1.49. The molecule has 0 bridgehead atoms. The molecule has 0 saturated carbocycles. The van der Waals surface area contributed by atoms with E-state index in [4.69, 9.17) is 0 Å². The third kappa shape index (κ3) is 11.0. The van der Waals surface area contributed by atoms with E-state index >= 15 is 0 Å². The largest absolute Gasteiger partial charge is 0.147 e. The van der Waals surface area contributed by atoms with Crippen molar-refractivity contribution in [2.45, 2.75) is 17.3 Å². The predicted molar refractivity (Wildman–Crippen MR) is 22.3 cm³/mol. The zero-order chi connectivity index (χ0) is 3.41. The standard InChI is InChI=1S/C3H7.Cd.ClH/c1-3-2;;/h1,3H2,2H3;;1H. The Labute approximate surface area is 55.4 Å². The number of rotatable bonds is 1. The Morgan fingerprint density at radius 3 is 1.80 bits per heavy atom. The molecular weight excluding hydrogens is 184 g/mol. The Kier molecular flexibility index (Phi) is 17.1. The van der Waals surface area contributed by atoms with Crippen molar-refractivity contribution < 1.29 is 25.8 Å². The van der Waals surface area contributed by atoms with Gasteiger partial charge in [0.2, 0.25) is 0 Å². The Balaban J connectivity index is 0. The van der Waals surface area contributed by atoms with Crippen molar-refractivity contribution in [2.75, 3.05) is 0 Å². The molecule has 0 nitrogen and oxygen atoms in total. The minimum absolute atomic E-state index is 0. The van der Waals surface area contributed by atoms with E-state index < -0.39 is 0 Å². The molecule has 0 amide bonds. The van der Waals surface area contributed by atoms with Crippen molar-refractivity contribution >= 4 is 12.4 Å². The van der Waals surface area contributed by atoms with E-state index in [0.29, 0.717) is 0 Å². The van der Waals surface area contributed by atoms with E-state index in [9.17, 15) is 0 Å². The molecule has 0 aliphatic rings. The van der Waals surface area contributed by atoms with E-state index in [0.717, 1.165) is 0 Å². The van der Waals surface area contributed by atoms with Crippen LogP contribution in [0.15, 0.2) is 0 Å². The van der Waals surface area contributed by atoms with Gasteiger partial charge in [0.25, 0.3) is 0 Å². The molecule has 0 aromatic carbocycles. The topological polar surface area (TPSA) is 0 Å². The fraction of sp³-hybridized carbons (Fsp3) is 1.00. The van der Waals surface area contributed by atoms with Crippen molar-refractivity contribution in [1.29, 1.82) is 0 Å². The molecule has 0 saturated heterocycles. The van der Waals surface area contributed by atoms with E-state index in [1.54, 1.807) is 0 Å². The van der Waals surface area contributed by atoms with Crippen molar-refractivity contribution in [2.24, 2.45) is 0 Å². The van der Waals surface area contributed by atoms with Gasteiger partial charge in [-0.3, -0.25) is 0 Å². The van der Waals surface area contributed by atoms with Crippen molar-refractivity contribution in [1.82, 2.24) is 0 Å². The third-order valence-electron chi connectivity index (χ3n) is 0.354. The predicted octanol–water partition coefficient (Wildman–Crippen LogP) is 1.78. The minimum Gasteiger partial charge on any atom is -0.147 e. The second-order valence-electron chi connectivity index (χ2n) is 0.854. The summed E-state index contributed by atoms with van der Waals surface area (Å²) in [4.78, 5) is 0. The van der Waals surface area contributed by atoms with Gasteiger partial charge in [-0.15, -0.1) is 12.4 Å². The van der Waals surface area contributed by atoms with Gasteiger partial charge in [0, 0.05) is 0 Å². The molecule has 29 valence electrons. The van der Waals surface area contributed by atoms with Crippen LogP contribution in [0, 0.1) is 0 Å². The summed E-state index contributed by atoms with van der Waals surface area (Å²) >= 11 is 1.21. The third-order valence-corrected chi connectivity index (χ3v) is 2.37. The van der Waals surface area contributed by atoms with Gasteiger partial charge in [-0.05, 0) is 0 Å². The number of halogens is 1. The second kappa shape index (κ2) is 8.96. The van der Waals surface area contributed by atoms with E-state index in [1.165, 1.54) is 36.2 Å². The maximum absolute atomic E-state index is 2.22. The molecule has 2 heteroatoms. The zero-order valence-electron chi connectivity index (χ0n) is 3.53. The zero-order valence-corrected chi connectivity index (χ0v) is 8.38. The maximum atomic E-state index is 2.22. The molecule has 0 aromatic heterocycles. The van der Waals surface area contributed by atoms with Crippen LogP contribution in [0.4, 0.5) is 0 Å². The number of hydrogen-bond donors (Lipinski definition) is 0. The summed E-state index contributed by atoms with van der Waals surface area (Å²) in [6, 6.07) is 0. The van der Waals surface area contributed by atoms with Gasteiger partial charge in [-0.2, -0.15) is 0 Å². The van der Waals surface area contributed by atoms with Crippen LogP contribution in [-0.4, -0.2) is 0 Å². The second-order valence-corrected chi connectivity index (χ2v) is 2.87. The van der Waals surface area contributed by atoms with Crippen LogP contribution in [0.2, 0.25) is 3.98 Å². The molecule has 0 heterocycles.